The number of nitrogens with zero attached hydrogens (tertiary/aromatic N) is 1. The van der Waals surface area contributed by atoms with Crippen LogP contribution in [0.2, 0.25) is 0 Å². The van der Waals surface area contributed by atoms with Crippen molar-refractivity contribution in [2.75, 3.05) is 20.3 Å². The Morgan fingerprint density at radius 2 is 2.15 bits per heavy atom. The van der Waals surface area contributed by atoms with E-state index in [0.717, 1.165) is 37.1 Å². The quantitative estimate of drug-likeness (QED) is 0.812. The van der Waals surface area contributed by atoms with Crippen LogP contribution in [0.25, 0.3) is 0 Å². The highest BCUT2D eigenvalue weighted by Crippen LogP contribution is 2.30. The Balaban J connectivity index is 2.27. The van der Waals surface area contributed by atoms with Gasteiger partial charge in [-0.15, -0.1) is 0 Å². The van der Waals surface area contributed by atoms with Gasteiger partial charge in [-0.3, -0.25) is 0 Å². The van der Waals surface area contributed by atoms with E-state index >= 15 is 0 Å². The molecule has 0 unspecified atom stereocenters. The van der Waals surface area contributed by atoms with Gasteiger partial charge in [0.1, 0.15) is 12.4 Å². The standard InChI is InChI=1S/C16H24N2O2/c1-16(2)11-20-15(18-16)13-9-6-8-12(14(13)19-3)7-4-5-10-17/h6,8-9H,4-5,7,10-11,17H2,1-3H3. The van der Waals surface area contributed by atoms with E-state index in [2.05, 4.69) is 24.9 Å². The van der Waals surface area contributed by atoms with Crippen molar-refractivity contribution >= 4 is 5.90 Å². The predicted octanol–water partition coefficient (Wildman–Crippen LogP) is 2.53. The Bertz CT molecular complexity index is 495. The van der Waals surface area contributed by atoms with Crippen molar-refractivity contribution in [2.45, 2.75) is 38.6 Å². The number of aryl methyl sites for hydroxylation is 1. The summed E-state index contributed by atoms with van der Waals surface area (Å²) in [5.74, 6) is 1.56. The van der Waals surface area contributed by atoms with Crippen molar-refractivity contribution in [1.82, 2.24) is 0 Å². The molecule has 0 atom stereocenters. The number of nitrogens with two attached hydrogens (primary N) is 1. The normalized spacial score (nSPS) is 16.7. The summed E-state index contributed by atoms with van der Waals surface area (Å²) >= 11 is 0. The molecule has 0 radical (unpaired) electrons. The minimum Gasteiger partial charge on any atom is -0.496 e. The monoisotopic (exact) mass is 276 g/mol. The molecule has 2 rings (SSSR count). The van der Waals surface area contributed by atoms with Gasteiger partial charge in [-0.1, -0.05) is 12.1 Å². The lowest BCUT2D eigenvalue weighted by molar-refractivity contribution is 0.278. The summed E-state index contributed by atoms with van der Waals surface area (Å²) in [5.41, 5.74) is 7.53. The Morgan fingerprint density at radius 3 is 2.75 bits per heavy atom. The van der Waals surface area contributed by atoms with Crippen molar-refractivity contribution < 1.29 is 9.47 Å². The average Bonchev–Trinajstić information content (AvgIpc) is 2.79. The lowest BCUT2D eigenvalue weighted by Crippen LogP contribution is -2.17. The molecule has 1 aliphatic heterocycles. The van der Waals surface area contributed by atoms with Gasteiger partial charge in [0.2, 0.25) is 5.90 Å². The van der Waals surface area contributed by atoms with Crippen molar-refractivity contribution in [3.05, 3.63) is 29.3 Å². The van der Waals surface area contributed by atoms with E-state index in [-0.39, 0.29) is 5.54 Å². The summed E-state index contributed by atoms with van der Waals surface area (Å²) in [6.45, 7) is 5.48. The van der Waals surface area contributed by atoms with E-state index in [4.69, 9.17) is 15.2 Å². The van der Waals surface area contributed by atoms with Gasteiger partial charge in [0.05, 0.1) is 18.2 Å². The molecule has 4 heteroatoms. The predicted molar refractivity (Wildman–Crippen MR) is 81.6 cm³/mol. The van der Waals surface area contributed by atoms with Crippen molar-refractivity contribution in [2.24, 2.45) is 10.7 Å². The van der Waals surface area contributed by atoms with Crippen LogP contribution in [-0.2, 0) is 11.2 Å². The van der Waals surface area contributed by atoms with E-state index in [1.54, 1.807) is 7.11 Å². The maximum absolute atomic E-state index is 5.73. The average molecular weight is 276 g/mol. The van der Waals surface area contributed by atoms with Crippen LogP contribution < -0.4 is 10.5 Å². The maximum atomic E-state index is 5.73. The molecule has 20 heavy (non-hydrogen) atoms. The van der Waals surface area contributed by atoms with Gasteiger partial charge in [0, 0.05) is 0 Å². The molecule has 1 aliphatic rings. The Hall–Kier alpha value is -1.55. The fourth-order valence-corrected chi connectivity index (χ4v) is 2.37. The first kappa shape index (κ1) is 14.9. The fraction of sp³-hybridized carbons (Fsp3) is 0.562. The van der Waals surface area contributed by atoms with Gasteiger partial charge < -0.3 is 15.2 Å². The number of hydrogen-bond acceptors (Lipinski definition) is 4. The van der Waals surface area contributed by atoms with Crippen LogP contribution in [0.5, 0.6) is 5.75 Å². The minimum absolute atomic E-state index is 0.157. The zero-order valence-corrected chi connectivity index (χ0v) is 12.6. The lowest BCUT2D eigenvalue weighted by atomic mass is 10.0. The molecule has 0 bridgehead atoms. The molecule has 0 saturated carbocycles. The molecule has 0 amide bonds. The van der Waals surface area contributed by atoms with E-state index < -0.39 is 0 Å². The number of unbranched alkanes of at least 4 members (excludes halogenated alkanes) is 1. The van der Waals surface area contributed by atoms with Crippen LogP contribution in [-0.4, -0.2) is 31.7 Å². The van der Waals surface area contributed by atoms with Crippen molar-refractivity contribution in [1.29, 1.82) is 0 Å². The first-order valence-corrected chi connectivity index (χ1v) is 7.16. The molecule has 1 aromatic carbocycles. The van der Waals surface area contributed by atoms with Crippen LogP contribution in [0.4, 0.5) is 0 Å². The summed E-state index contributed by atoms with van der Waals surface area (Å²) in [4.78, 5) is 4.63. The van der Waals surface area contributed by atoms with Crippen LogP contribution in [0.1, 0.15) is 37.8 Å². The number of ether oxygens (including phenoxy) is 2. The second-order valence-corrected chi connectivity index (χ2v) is 5.76. The molecule has 2 N–H and O–H groups in total. The van der Waals surface area contributed by atoms with Crippen LogP contribution in [0.15, 0.2) is 23.2 Å². The van der Waals surface area contributed by atoms with Gasteiger partial charge in [0.25, 0.3) is 0 Å². The fourth-order valence-electron chi connectivity index (χ4n) is 2.37. The molecule has 1 aromatic rings. The summed E-state index contributed by atoms with van der Waals surface area (Å²) in [5, 5.41) is 0. The summed E-state index contributed by atoms with van der Waals surface area (Å²) < 4.78 is 11.3. The minimum atomic E-state index is -0.157. The highest BCUT2D eigenvalue weighted by atomic mass is 16.5. The molecule has 0 aromatic heterocycles. The van der Waals surface area contributed by atoms with Crippen molar-refractivity contribution in [3.63, 3.8) is 0 Å². The SMILES string of the molecule is COc1c(CCCCN)cccc1C1=NC(C)(C)CO1. The van der Waals surface area contributed by atoms with E-state index in [1.165, 1.54) is 5.56 Å². The van der Waals surface area contributed by atoms with E-state index in [1.807, 2.05) is 12.1 Å². The zero-order valence-electron chi connectivity index (χ0n) is 12.6. The highest BCUT2D eigenvalue weighted by molar-refractivity contribution is 5.98. The number of benzene rings is 1. The number of hydrogen-bond donors (Lipinski definition) is 1. The molecular weight excluding hydrogens is 252 g/mol. The molecule has 0 saturated heterocycles. The van der Waals surface area contributed by atoms with Gasteiger partial charge in [-0.2, -0.15) is 0 Å². The van der Waals surface area contributed by atoms with Gasteiger partial charge in [-0.25, -0.2) is 4.99 Å². The van der Waals surface area contributed by atoms with Crippen LogP contribution >= 0.6 is 0 Å². The molecule has 0 fully saturated rings. The molecule has 4 nitrogen and oxygen atoms in total. The smallest absolute Gasteiger partial charge is 0.220 e. The zero-order chi connectivity index (χ0) is 14.6. The largest absolute Gasteiger partial charge is 0.496 e. The third kappa shape index (κ3) is 3.31. The molecule has 0 aliphatic carbocycles. The van der Waals surface area contributed by atoms with Gasteiger partial charge in [0.15, 0.2) is 0 Å². The Labute approximate surface area is 121 Å². The molecule has 0 spiro atoms. The molecule has 110 valence electrons. The summed E-state index contributed by atoms with van der Waals surface area (Å²) in [6.07, 6.45) is 3.05. The van der Waals surface area contributed by atoms with Crippen LogP contribution in [0, 0.1) is 0 Å². The van der Waals surface area contributed by atoms with Crippen molar-refractivity contribution in [3.8, 4) is 5.75 Å². The first-order chi connectivity index (χ1) is 9.57. The Morgan fingerprint density at radius 1 is 1.35 bits per heavy atom. The number of rotatable bonds is 6. The second kappa shape index (κ2) is 6.27. The third-order valence-electron chi connectivity index (χ3n) is 3.40. The number of para-hydroxylation sites is 1. The molecular formula is C16H24N2O2. The third-order valence-corrected chi connectivity index (χ3v) is 3.40. The number of methoxy groups -OCH3 is 1. The topological polar surface area (TPSA) is 56.8 Å². The maximum Gasteiger partial charge on any atom is 0.220 e. The second-order valence-electron chi connectivity index (χ2n) is 5.76. The number of aliphatic imine (C=N–C) groups is 1. The first-order valence-electron chi connectivity index (χ1n) is 7.16. The van der Waals surface area contributed by atoms with Crippen LogP contribution in [0.3, 0.4) is 0 Å². The highest BCUT2D eigenvalue weighted by Gasteiger charge is 2.29. The van der Waals surface area contributed by atoms with Gasteiger partial charge in [-0.05, 0) is 51.3 Å². The summed E-state index contributed by atoms with van der Waals surface area (Å²) in [6, 6.07) is 6.14. The van der Waals surface area contributed by atoms with Gasteiger partial charge >= 0.3 is 0 Å². The molecule has 1 heterocycles. The van der Waals surface area contributed by atoms with E-state index in [9.17, 15) is 0 Å². The summed E-state index contributed by atoms with van der Waals surface area (Å²) in [7, 11) is 1.70. The van der Waals surface area contributed by atoms with E-state index in [0.29, 0.717) is 12.5 Å². The Kier molecular flexibility index (Phi) is 4.65. The lowest BCUT2D eigenvalue weighted by Gasteiger charge is -2.13.